The van der Waals surface area contributed by atoms with Crippen molar-refractivity contribution in [3.63, 3.8) is 0 Å². The molecule has 1 aliphatic carbocycles. The highest BCUT2D eigenvalue weighted by molar-refractivity contribution is 7.89. The van der Waals surface area contributed by atoms with Gasteiger partial charge >= 0.3 is 0 Å². The number of hydrogen-bond acceptors (Lipinski definition) is 5. The topological polar surface area (TPSA) is 94.1 Å². The summed E-state index contributed by atoms with van der Waals surface area (Å²) in [6.07, 6.45) is 3.32. The van der Waals surface area contributed by atoms with Gasteiger partial charge in [-0.3, -0.25) is 4.90 Å². The fourth-order valence-electron chi connectivity index (χ4n) is 3.50. The van der Waals surface area contributed by atoms with Gasteiger partial charge in [-0.15, -0.1) is 5.10 Å². The van der Waals surface area contributed by atoms with Crippen LogP contribution in [0.3, 0.4) is 0 Å². The molecule has 0 spiro atoms. The molecule has 0 bridgehead atoms. The van der Waals surface area contributed by atoms with Gasteiger partial charge in [0.2, 0.25) is 10.0 Å². The van der Waals surface area contributed by atoms with Crippen molar-refractivity contribution in [2.45, 2.75) is 43.7 Å². The first-order valence-corrected chi connectivity index (χ1v) is 11.7. The molecule has 1 aromatic heterocycles. The summed E-state index contributed by atoms with van der Waals surface area (Å²) in [6.45, 7) is 2.79. The van der Waals surface area contributed by atoms with E-state index < -0.39 is 10.0 Å². The second-order valence-electron chi connectivity index (χ2n) is 8.04. The summed E-state index contributed by atoms with van der Waals surface area (Å²) in [5, 5.41) is 9.97. The number of nitrogens with zero attached hydrogens (tertiary/aromatic N) is 4. The van der Waals surface area contributed by atoms with Gasteiger partial charge in [0, 0.05) is 12.5 Å². The zero-order chi connectivity index (χ0) is 21.3. The van der Waals surface area contributed by atoms with E-state index in [-0.39, 0.29) is 10.9 Å². The third kappa shape index (κ3) is 4.77. The van der Waals surface area contributed by atoms with E-state index in [0.29, 0.717) is 12.5 Å². The smallest absolute Gasteiger partial charge is 0.238 e. The lowest BCUT2D eigenvalue weighted by atomic mass is 10.1. The molecule has 4 rings (SSSR count). The highest BCUT2D eigenvalue weighted by atomic mass is 32.2. The van der Waals surface area contributed by atoms with Gasteiger partial charge in [-0.2, -0.15) is 0 Å². The highest BCUT2D eigenvalue weighted by Crippen LogP contribution is 2.32. The Morgan fingerprint density at radius 3 is 2.40 bits per heavy atom. The van der Waals surface area contributed by atoms with Crippen LogP contribution in [0.1, 0.15) is 43.0 Å². The first-order valence-electron chi connectivity index (χ1n) is 10.1. The molecule has 2 N–H and O–H groups in total. The van der Waals surface area contributed by atoms with Crippen molar-refractivity contribution in [1.29, 1.82) is 0 Å². The van der Waals surface area contributed by atoms with Crippen LogP contribution in [0.4, 0.5) is 0 Å². The maximum absolute atomic E-state index is 11.5. The fraction of sp³-hybridized carbons (Fsp3) is 0.364. The summed E-state index contributed by atoms with van der Waals surface area (Å²) in [5.41, 5.74) is 2.03. The molecule has 0 aliphatic heterocycles. The Kier molecular flexibility index (Phi) is 5.73. The Balaban J connectivity index is 1.58. The van der Waals surface area contributed by atoms with E-state index in [1.165, 1.54) is 30.5 Å². The summed E-state index contributed by atoms with van der Waals surface area (Å²) in [7, 11) is -1.65. The number of benzene rings is 2. The van der Waals surface area contributed by atoms with Crippen molar-refractivity contribution in [1.82, 2.24) is 19.7 Å². The maximum atomic E-state index is 11.5. The number of sulfonamides is 1. The molecular weight excluding hydrogens is 398 g/mol. The SMILES string of the molecule is C[C@@H](c1ccccc1)N(C)Cc1nc(CC2CC2)n(-c2ccc(S(N)(=O)=O)cc2)n1. The van der Waals surface area contributed by atoms with Gasteiger partial charge in [-0.05, 0) is 62.6 Å². The average Bonchev–Trinajstić information content (AvgIpc) is 3.46. The first kappa shape index (κ1) is 20.7. The molecule has 0 radical (unpaired) electrons. The fourth-order valence-corrected chi connectivity index (χ4v) is 4.02. The third-order valence-corrected chi connectivity index (χ3v) is 6.56. The minimum absolute atomic E-state index is 0.0896. The standard InChI is InChI=1S/C22H27N5O2S/c1-16(18-6-4-3-5-7-18)26(2)15-21-24-22(14-17-8-9-17)27(25-21)19-10-12-20(13-11-19)30(23,28)29/h3-7,10-13,16-17H,8-9,14-15H2,1-2H3,(H2,23,28,29)/t16-/m0/s1. The summed E-state index contributed by atoms with van der Waals surface area (Å²) in [4.78, 5) is 7.13. The van der Waals surface area contributed by atoms with Gasteiger partial charge in [0.05, 0.1) is 17.1 Å². The van der Waals surface area contributed by atoms with E-state index in [0.717, 1.165) is 23.8 Å². The molecule has 0 amide bonds. The lowest BCUT2D eigenvalue weighted by Gasteiger charge is -2.23. The molecule has 1 aliphatic rings. The molecule has 0 saturated heterocycles. The quantitative estimate of drug-likeness (QED) is 0.599. The van der Waals surface area contributed by atoms with Crippen molar-refractivity contribution >= 4 is 10.0 Å². The zero-order valence-electron chi connectivity index (χ0n) is 17.3. The monoisotopic (exact) mass is 425 g/mol. The summed E-state index contributed by atoms with van der Waals surface area (Å²) >= 11 is 0. The number of primary sulfonamides is 1. The largest absolute Gasteiger partial charge is 0.292 e. The molecule has 158 valence electrons. The third-order valence-electron chi connectivity index (χ3n) is 5.63. The van der Waals surface area contributed by atoms with E-state index in [2.05, 4.69) is 31.0 Å². The van der Waals surface area contributed by atoms with Crippen LogP contribution >= 0.6 is 0 Å². The van der Waals surface area contributed by atoms with Crippen LogP contribution in [0.15, 0.2) is 59.5 Å². The Labute approximate surface area is 177 Å². The van der Waals surface area contributed by atoms with Crippen molar-refractivity contribution < 1.29 is 8.42 Å². The zero-order valence-corrected chi connectivity index (χ0v) is 18.1. The Bertz CT molecular complexity index is 1110. The lowest BCUT2D eigenvalue weighted by molar-refractivity contribution is 0.247. The van der Waals surface area contributed by atoms with Crippen molar-refractivity contribution in [2.75, 3.05) is 7.05 Å². The van der Waals surface area contributed by atoms with Crippen LogP contribution in [0.5, 0.6) is 0 Å². The van der Waals surface area contributed by atoms with Gasteiger partial charge < -0.3 is 0 Å². The minimum atomic E-state index is -3.72. The van der Waals surface area contributed by atoms with E-state index in [1.54, 1.807) is 12.1 Å². The molecule has 2 aromatic carbocycles. The minimum Gasteiger partial charge on any atom is -0.292 e. The predicted octanol–water partition coefficient (Wildman–Crippen LogP) is 3.06. The van der Waals surface area contributed by atoms with Crippen LogP contribution in [0, 0.1) is 5.92 Å². The molecule has 1 fully saturated rings. The number of rotatable bonds is 8. The van der Waals surface area contributed by atoms with Crippen LogP contribution in [-0.4, -0.2) is 35.1 Å². The summed E-state index contributed by atoms with van der Waals surface area (Å²) in [6, 6.07) is 17.1. The maximum Gasteiger partial charge on any atom is 0.238 e. The highest BCUT2D eigenvalue weighted by Gasteiger charge is 2.26. The molecule has 8 heteroatoms. The number of hydrogen-bond donors (Lipinski definition) is 1. The molecule has 1 heterocycles. The molecular formula is C22H27N5O2S. The van der Waals surface area contributed by atoms with Crippen molar-refractivity contribution in [3.8, 4) is 5.69 Å². The van der Waals surface area contributed by atoms with Gasteiger partial charge in [0.25, 0.3) is 0 Å². The first-order chi connectivity index (χ1) is 14.3. The Morgan fingerprint density at radius 2 is 1.80 bits per heavy atom. The van der Waals surface area contributed by atoms with Gasteiger partial charge in [-0.1, -0.05) is 30.3 Å². The molecule has 1 atom stereocenters. The van der Waals surface area contributed by atoms with Crippen LogP contribution in [0.2, 0.25) is 0 Å². The van der Waals surface area contributed by atoms with Crippen molar-refractivity contribution in [3.05, 3.63) is 71.8 Å². The second kappa shape index (κ2) is 8.29. The molecule has 0 unspecified atom stereocenters. The lowest BCUT2D eigenvalue weighted by Crippen LogP contribution is -2.22. The molecule has 1 saturated carbocycles. The number of aromatic nitrogens is 3. The Morgan fingerprint density at radius 1 is 1.13 bits per heavy atom. The van der Waals surface area contributed by atoms with Crippen LogP contribution in [0.25, 0.3) is 5.69 Å². The van der Waals surface area contributed by atoms with E-state index >= 15 is 0 Å². The molecule has 3 aromatic rings. The second-order valence-corrected chi connectivity index (χ2v) is 9.61. The molecule has 7 nitrogen and oxygen atoms in total. The van der Waals surface area contributed by atoms with E-state index in [1.807, 2.05) is 22.9 Å². The number of nitrogens with two attached hydrogens (primary N) is 1. The summed E-state index contributed by atoms with van der Waals surface area (Å²) < 4.78 is 24.9. The van der Waals surface area contributed by atoms with Crippen LogP contribution in [-0.2, 0) is 23.0 Å². The van der Waals surface area contributed by atoms with E-state index in [9.17, 15) is 8.42 Å². The summed E-state index contributed by atoms with van der Waals surface area (Å²) in [5.74, 6) is 2.33. The van der Waals surface area contributed by atoms with Crippen molar-refractivity contribution in [2.24, 2.45) is 11.1 Å². The predicted molar refractivity (Wildman–Crippen MR) is 115 cm³/mol. The van der Waals surface area contributed by atoms with Gasteiger partial charge in [0.1, 0.15) is 5.82 Å². The molecule has 30 heavy (non-hydrogen) atoms. The Hall–Kier alpha value is -2.55. The average molecular weight is 426 g/mol. The van der Waals surface area contributed by atoms with Gasteiger partial charge in [-0.25, -0.2) is 23.2 Å². The normalized spacial score (nSPS) is 15.5. The van der Waals surface area contributed by atoms with E-state index in [4.69, 9.17) is 15.2 Å². The van der Waals surface area contributed by atoms with Crippen LogP contribution < -0.4 is 5.14 Å². The van der Waals surface area contributed by atoms with Gasteiger partial charge in [0.15, 0.2) is 5.82 Å².